The predicted molar refractivity (Wildman–Crippen MR) is 68.3 cm³/mol. The van der Waals surface area contributed by atoms with Crippen LogP contribution in [0.15, 0.2) is 12.3 Å². The van der Waals surface area contributed by atoms with E-state index in [1.165, 1.54) is 22.7 Å². The number of hydrogen-bond donors (Lipinski definition) is 0. The van der Waals surface area contributed by atoms with Gasteiger partial charge < -0.3 is 9.16 Å². The van der Waals surface area contributed by atoms with E-state index in [2.05, 4.69) is 26.6 Å². The second-order valence-corrected chi connectivity index (χ2v) is 9.95. The van der Waals surface area contributed by atoms with Gasteiger partial charge in [0.1, 0.15) is 0 Å². The highest BCUT2D eigenvalue weighted by Crippen LogP contribution is 2.07. The summed E-state index contributed by atoms with van der Waals surface area (Å²) in [6.45, 7) is 9.49. The Hall–Kier alpha value is -0.0662. The first kappa shape index (κ1) is 13.9. The van der Waals surface area contributed by atoms with Crippen molar-refractivity contribution in [2.45, 2.75) is 45.1 Å². The Morgan fingerprint density at radius 2 is 2.00 bits per heavy atom. The third-order valence-corrected chi connectivity index (χ3v) is 3.39. The first-order valence-electron chi connectivity index (χ1n) is 5.42. The zero-order chi connectivity index (χ0) is 11.0. The molecule has 0 aromatic carbocycles. The van der Waals surface area contributed by atoms with Gasteiger partial charge in [-0.05, 0) is 39.1 Å². The Labute approximate surface area is 92.2 Å². The second-order valence-electron chi connectivity index (χ2n) is 4.49. The molecule has 0 aliphatic heterocycles. The van der Waals surface area contributed by atoms with Crippen molar-refractivity contribution in [1.82, 2.24) is 0 Å². The summed E-state index contributed by atoms with van der Waals surface area (Å²) in [4.78, 5) is 0. The third-order valence-electron chi connectivity index (χ3n) is 1.60. The minimum atomic E-state index is -1.40. The molecule has 0 saturated carbocycles. The van der Waals surface area contributed by atoms with E-state index < -0.39 is 8.32 Å². The Bertz CT molecular complexity index is 164. The molecule has 84 valence electrons. The zero-order valence-electron chi connectivity index (χ0n) is 10.2. The molecule has 0 aromatic rings. The van der Waals surface area contributed by atoms with Crippen LogP contribution in [0, 0.1) is 0 Å². The normalized spacial score (nSPS) is 14.9. The van der Waals surface area contributed by atoms with Crippen molar-refractivity contribution < 1.29 is 9.16 Å². The van der Waals surface area contributed by atoms with Gasteiger partial charge in [-0.15, -0.1) is 0 Å². The molecule has 0 aliphatic rings. The first-order chi connectivity index (χ1) is 6.45. The van der Waals surface area contributed by atoms with Crippen LogP contribution in [-0.2, 0) is 9.16 Å². The fourth-order valence-corrected chi connectivity index (χ4v) is 2.54. The van der Waals surface area contributed by atoms with Gasteiger partial charge >= 0.3 is 0 Å². The summed E-state index contributed by atoms with van der Waals surface area (Å²) in [5.74, 6) is 0. The van der Waals surface area contributed by atoms with Gasteiger partial charge in [-0.3, -0.25) is 0 Å². The highest BCUT2D eigenvalue weighted by atomic mass is 28.4. The smallest absolute Gasteiger partial charge is 0.184 e. The van der Waals surface area contributed by atoms with Crippen LogP contribution in [0.3, 0.4) is 0 Å². The molecule has 0 rings (SSSR count). The molecule has 2 nitrogen and oxygen atoms in total. The van der Waals surface area contributed by atoms with Gasteiger partial charge in [0.15, 0.2) is 8.32 Å². The van der Waals surface area contributed by atoms with Crippen LogP contribution in [0.4, 0.5) is 0 Å². The van der Waals surface area contributed by atoms with Crippen LogP contribution in [0.2, 0.25) is 25.7 Å². The van der Waals surface area contributed by atoms with E-state index in [4.69, 9.17) is 9.16 Å². The maximum absolute atomic E-state index is 5.82. The molecular formula is C10H24O2Si2. The molecule has 1 unspecified atom stereocenters. The molecule has 0 saturated heterocycles. The summed E-state index contributed by atoms with van der Waals surface area (Å²) in [6.07, 6.45) is 5.13. The van der Waals surface area contributed by atoms with E-state index in [0.29, 0.717) is 0 Å². The molecule has 0 bridgehead atoms. The fourth-order valence-electron chi connectivity index (χ4n) is 1.06. The maximum atomic E-state index is 5.82. The van der Waals surface area contributed by atoms with Crippen LogP contribution < -0.4 is 0 Å². The van der Waals surface area contributed by atoms with Crippen molar-refractivity contribution in [2.24, 2.45) is 0 Å². The minimum Gasteiger partial charge on any atom is -0.501 e. The van der Waals surface area contributed by atoms with Gasteiger partial charge in [0, 0.05) is 10.2 Å². The van der Waals surface area contributed by atoms with E-state index in [9.17, 15) is 0 Å². The monoisotopic (exact) mass is 232 g/mol. The van der Waals surface area contributed by atoms with Crippen LogP contribution >= 0.6 is 0 Å². The molecule has 0 amide bonds. The van der Waals surface area contributed by atoms with Gasteiger partial charge in [0.2, 0.25) is 0 Å². The molecule has 0 heterocycles. The molecule has 0 aromatic heterocycles. The lowest BCUT2D eigenvalue weighted by molar-refractivity contribution is 0.229. The SMILES string of the molecule is CC(C=COCCC[SiH3])O[Si](C)(C)C. The Morgan fingerprint density at radius 3 is 2.50 bits per heavy atom. The van der Waals surface area contributed by atoms with Crippen molar-refractivity contribution in [3.8, 4) is 0 Å². The number of hydrogen-bond acceptors (Lipinski definition) is 2. The summed E-state index contributed by atoms with van der Waals surface area (Å²) in [7, 11) is -0.122. The highest BCUT2D eigenvalue weighted by Gasteiger charge is 2.16. The van der Waals surface area contributed by atoms with E-state index >= 15 is 0 Å². The third kappa shape index (κ3) is 10.0. The van der Waals surface area contributed by atoms with Crippen LogP contribution in [-0.4, -0.2) is 31.3 Å². The van der Waals surface area contributed by atoms with Crippen LogP contribution in [0.5, 0.6) is 0 Å². The Morgan fingerprint density at radius 1 is 1.36 bits per heavy atom. The lowest BCUT2D eigenvalue weighted by Crippen LogP contribution is -2.29. The van der Waals surface area contributed by atoms with Crippen molar-refractivity contribution in [2.75, 3.05) is 6.61 Å². The summed E-state index contributed by atoms with van der Waals surface area (Å²) >= 11 is 0. The summed E-state index contributed by atoms with van der Waals surface area (Å²) in [5, 5.41) is 0. The highest BCUT2D eigenvalue weighted by molar-refractivity contribution is 6.69. The van der Waals surface area contributed by atoms with Gasteiger partial charge in [-0.1, -0.05) is 6.04 Å². The summed E-state index contributed by atoms with van der Waals surface area (Å²) in [6, 6.07) is 1.31. The standard InChI is InChI=1S/C10H24O2Si2/c1-10(12-14(2,3)4)6-8-11-7-5-9-13/h6,8,10H,5,7,9H2,1-4,13H3. The van der Waals surface area contributed by atoms with Crippen LogP contribution in [0.25, 0.3) is 0 Å². The molecule has 0 N–H and O–H groups in total. The predicted octanol–water partition coefficient (Wildman–Crippen LogP) is 1.93. The second kappa shape index (κ2) is 7.26. The molecule has 0 radical (unpaired) electrons. The molecule has 0 fully saturated rings. The van der Waals surface area contributed by atoms with Crippen LogP contribution in [0.1, 0.15) is 13.3 Å². The largest absolute Gasteiger partial charge is 0.501 e. The average molecular weight is 232 g/mol. The van der Waals surface area contributed by atoms with Crippen molar-refractivity contribution in [3.05, 3.63) is 12.3 Å². The molecule has 4 heteroatoms. The van der Waals surface area contributed by atoms with E-state index in [1.807, 2.05) is 6.08 Å². The first-order valence-corrected chi connectivity index (χ1v) is 10.2. The van der Waals surface area contributed by atoms with Gasteiger partial charge in [0.25, 0.3) is 0 Å². The van der Waals surface area contributed by atoms with Gasteiger partial charge in [-0.25, -0.2) is 0 Å². The lowest BCUT2D eigenvalue weighted by Gasteiger charge is -2.20. The van der Waals surface area contributed by atoms with Gasteiger partial charge in [0.05, 0.1) is 19.0 Å². The zero-order valence-corrected chi connectivity index (χ0v) is 13.2. The quantitative estimate of drug-likeness (QED) is 0.379. The van der Waals surface area contributed by atoms with Crippen molar-refractivity contribution in [1.29, 1.82) is 0 Å². The van der Waals surface area contributed by atoms with Crippen molar-refractivity contribution >= 4 is 18.6 Å². The molecule has 0 aliphatic carbocycles. The van der Waals surface area contributed by atoms with E-state index in [1.54, 1.807) is 6.26 Å². The number of ether oxygens (including phenoxy) is 1. The maximum Gasteiger partial charge on any atom is 0.184 e. The molecule has 0 spiro atoms. The van der Waals surface area contributed by atoms with E-state index in [0.717, 1.165) is 6.61 Å². The molecule has 1 atom stereocenters. The average Bonchev–Trinajstić information content (AvgIpc) is 2.00. The van der Waals surface area contributed by atoms with Gasteiger partial charge in [-0.2, -0.15) is 0 Å². The molecular weight excluding hydrogens is 208 g/mol. The van der Waals surface area contributed by atoms with Crippen molar-refractivity contribution in [3.63, 3.8) is 0 Å². The minimum absolute atomic E-state index is 0.178. The number of rotatable bonds is 7. The topological polar surface area (TPSA) is 18.5 Å². The summed E-state index contributed by atoms with van der Waals surface area (Å²) in [5.41, 5.74) is 0. The Kier molecular flexibility index (Phi) is 7.22. The van der Waals surface area contributed by atoms with E-state index in [-0.39, 0.29) is 6.10 Å². The fraction of sp³-hybridized carbons (Fsp3) is 0.800. The molecule has 14 heavy (non-hydrogen) atoms. The summed E-state index contributed by atoms with van der Waals surface area (Å²) < 4.78 is 11.2. The lowest BCUT2D eigenvalue weighted by atomic mass is 10.4. The Balaban J connectivity index is 3.56.